The van der Waals surface area contributed by atoms with Crippen molar-refractivity contribution in [2.75, 3.05) is 0 Å². The van der Waals surface area contributed by atoms with E-state index >= 15 is 0 Å². The molecule has 0 spiro atoms. The highest BCUT2D eigenvalue weighted by atomic mass is 15.0. The summed E-state index contributed by atoms with van der Waals surface area (Å²) < 4.78 is 5.36. The van der Waals surface area contributed by atoms with Gasteiger partial charge in [-0.15, -0.1) is 0 Å². The molecule has 2 aliphatic rings. The van der Waals surface area contributed by atoms with Crippen molar-refractivity contribution in [2.24, 2.45) is 0 Å². The largest absolute Gasteiger partial charge is 0.310 e. The van der Waals surface area contributed by atoms with Crippen molar-refractivity contribution in [1.82, 2.24) is 19.1 Å². The Kier molecular flexibility index (Phi) is 8.48. The summed E-state index contributed by atoms with van der Waals surface area (Å²) >= 11 is 0. The van der Waals surface area contributed by atoms with E-state index in [0.29, 0.717) is 0 Å². The smallest absolute Gasteiger partial charge is 0.252 e. The average Bonchev–Trinajstić information content (AvgIpc) is 3.69. The molecule has 63 heavy (non-hydrogen) atoms. The van der Waals surface area contributed by atoms with E-state index in [9.17, 15) is 0 Å². The second kappa shape index (κ2) is 12.8. The fourth-order valence-electron chi connectivity index (χ4n) is 10.8. The van der Waals surface area contributed by atoms with Crippen molar-refractivity contribution in [1.29, 1.82) is 0 Å². The quantitative estimate of drug-likeness (QED) is 0.155. The van der Waals surface area contributed by atoms with Crippen LogP contribution in [0.4, 0.5) is 0 Å². The topological polar surface area (TPSA) is 35.6 Å². The predicted molar refractivity (Wildman–Crippen MR) is 273 cm³/mol. The van der Waals surface area contributed by atoms with E-state index in [1.54, 1.807) is 6.33 Å². The van der Waals surface area contributed by atoms with Crippen LogP contribution in [0.25, 0.3) is 66.2 Å². The Morgan fingerprint density at radius 3 is 1.19 bits per heavy atom. The standard InChI is InChI=1S/C58H67BN4/c1-53(2,3)33-23-37-48-39(57(13,14)15)25-35(55(7,8)9)29-44(48)62-46-21-32(43-19-20-60-31-61-43)22-47-50(46)59(41(27-33)51(37)62)42-28-34(54(4,5)6)24-38-49-40(58(16,17)18)26-36(56(10,11)12)30-45(49)63(47)52(38)42/h19-31H,1-18H3. The molecule has 8 aromatic rings. The van der Waals surface area contributed by atoms with Gasteiger partial charge in [0.1, 0.15) is 6.33 Å². The van der Waals surface area contributed by atoms with Crippen LogP contribution in [0.1, 0.15) is 158 Å². The first-order chi connectivity index (χ1) is 29.0. The Balaban J connectivity index is 1.52. The summed E-state index contributed by atoms with van der Waals surface area (Å²) in [5.41, 5.74) is 21.9. The highest BCUT2D eigenvalue weighted by Gasteiger charge is 2.44. The second-order valence-corrected chi connectivity index (χ2v) is 25.4. The van der Waals surface area contributed by atoms with E-state index in [-0.39, 0.29) is 39.2 Å². The van der Waals surface area contributed by atoms with Gasteiger partial charge in [-0.05, 0) is 125 Å². The molecule has 0 saturated heterocycles. The van der Waals surface area contributed by atoms with Gasteiger partial charge in [0.15, 0.2) is 0 Å². The Bertz CT molecular complexity index is 3060. The van der Waals surface area contributed by atoms with Crippen molar-refractivity contribution >= 4 is 66.7 Å². The van der Waals surface area contributed by atoms with Gasteiger partial charge in [-0.1, -0.05) is 149 Å². The van der Waals surface area contributed by atoms with Crippen LogP contribution in [0.5, 0.6) is 0 Å². The lowest BCUT2D eigenvalue weighted by Gasteiger charge is -2.36. The van der Waals surface area contributed by atoms with Gasteiger partial charge < -0.3 is 9.13 Å². The molecule has 0 N–H and O–H groups in total. The van der Waals surface area contributed by atoms with E-state index in [1.165, 1.54) is 105 Å². The van der Waals surface area contributed by atoms with Crippen molar-refractivity contribution in [3.63, 3.8) is 0 Å². The van der Waals surface area contributed by atoms with Crippen LogP contribution in [-0.2, 0) is 32.5 Å². The van der Waals surface area contributed by atoms with Gasteiger partial charge >= 0.3 is 0 Å². The van der Waals surface area contributed by atoms with Gasteiger partial charge in [-0.25, -0.2) is 9.97 Å². The Morgan fingerprint density at radius 1 is 0.444 bits per heavy atom. The van der Waals surface area contributed by atoms with Crippen molar-refractivity contribution < 1.29 is 0 Å². The normalized spacial score (nSPS) is 14.5. The van der Waals surface area contributed by atoms with E-state index in [2.05, 4.69) is 205 Å². The molecule has 5 heterocycles. The molecule has 0 atom stereocenters. The van der Waals surface area contributed by atoms with Crippen LogP contribution in [0.15, 0.2) is 79.3 Å². The van der Waals surface area contributed by atoms with Crippen molar-refractivity contribution in [2.45, 2.75) is 157 Å². The number of hydrogen-bond acceptors (Lipinski definition) is 2. The van der Waals surface area contributed by atoms with Crippen LogP contribution in [0.2, 0.25) is 0 Å². The lowest BCUT2D eigenvalue weighted by atomic mass is 9.34. The molecular weight excluding hydrogens is 763 g/mol. The van der Waals surface area contributed by atoms with Gasteiger partial charge in [-0.2, -0.15) is 0 Å². The molecular formula is C58H67BN4. The number of rotatable bonds is 1. The summed E-state index contributed by atoms with van der Waals surface area (Å²) in [4.78, 5) is 9.31. The summed E-state index contributed by atoms with van der Waals surface area (Å²) in [6, 6.07) is 27.4. The van der Waals surface area contributed by atoms with Crippen molar-refractivity contribution in [3.8, 4) is 22.6 Å². The minimum atomic E-state index is -0.0886. The van der Waals surface area contributed by atoms with Gasteiger partial charge in [0.25, 0.3) is 6.71 Å². The van der Waals surface area contributed by atoms with Crippen LogP contribution in [-0.4, -0.2) is 25.8 Å². The van der Waals surface area contributed by atoms with Gasteiger partial charge in [-0.3, -0.25) is 0 Å². The molecule has 0 unspecified atom stereocenters. The minimum absolute atomic E-state index is 0.0121. The molecule has 3 aromatic heterocycles. The maximum atomic E-state index is 4.93. The summed E-state index contributed by atoms with van der Waals surface area (Å²) in [6.07, 6.45) is 3.57. The fraction of sp³-hybridized carbons (Fsp3) is 0.414. The van der Waals surface area contributed by atoms with E-state index < -0.39 is 0 Å². The predicted octanol–water partition coefficient (Wildman–Crippen LogP) is 13.3. The monoisotopic (exact) mass is 831 g/mol. The molecule has 10 rings (SSSR count). The lowest BCUT2D eigenvalue weighted by molar-refractivity contribution is 0.572. The number of aromatic nitrogens is 4. The third kappa shape index (κ3) is 6.14. The molecule has 0 saturated carbocycles. The Labute approximate surface area is 376 Å². The first kappa shape index (κ1) is 41.8. The zero-order valence-electron chi connectivity index (χ0n) is 41.4. The molecule has 0 fully saturated rings. The van der Waals surface area contributed by atoms with Gasteiger partial charge in [0.05, 0.1) is 16.7 Å². The van der Waals surface area contributed by atoms with Crippen molar-refractivity contribution in [3.05, 3.63) is 113 Å². The molecule has 5 heteroatoms. The highest BCUT2D eigenvalue weighted by molar-refractivity contribution is 7.00. The molecule has 322 valence electrons. The first-order valence-corrected chi connectivity index (χ1v) is 23.4. The minimum Gasteiger partial charge on any atom is -0.310 e. The summed E-state index contributed by atoms with van der Waals surface area (Å²) in [6.45, 7) is 42.9. The van der Waals surface area contributed by atoms with Crippen LogP contribution in [0, 0.1) is 0 Å². The molecule has 0 bridgehead atoms. The maximum absolute atomic E-state index is 4.93. The molecule has 5 aromatic carbocycles. The van der Waals surface area contributed by atoms with E-state index in [1.807, 2.05) is 6.20 Å². The van der Waals surface area contributed by atoms with E-state index in [4.69, 9.17) is 4.98 Å². The molecule has 0 radical (unpaired) electrons. The van der Waals surface area contributed by atoms with Crippen LogP contribution in [0.3, 0.4) is 0 Å². The second-order valence-electron chi connectivity index (χ2n) is 25.4. The van der Waals surface area contributed by atoms with Crippen LogP contribution >= 0.6 is 0 Å². The molecule has 0 amide bonds. The zero-order valence-corrected chi connectivity index (χ0v) is 41.4. The first-order valence-electron chi connectivity index (χ1n) is 23.4. The SMILES string of the molecule is CC(C)(C)c1cc2c3c(c1)c1c(C(C)(C)C)cc(C(C)(C)C)cc1n3-c1cc(-c3ccncn3)cc3c1B2c1cc(C(C)(C)C)cc2c4c(C(C)(C)C)cc(C(C)(C)C)cc4n-3c12. The third-order valence-electron chi connectivity index (χ3n) is 14.5. The molecule has 0 aliphatic carbocycles. The highest BCUT2D eigenvalue weighted by Crippen LogP contribution is 2.48. The number of hydrogen-bond donors (Lipinski definition) is 0. The Morgan fingerprint density at radius 2 is 0.841 bits per heavy atom. The lowest BCUT2D eigenvalue weighted by Crippen LogP contribution is -2.59. The summed E-state index contributed by atoms with van der Waals surface area (Å²) in [5.74, 6) is 0. The fourth-order valence-corrected chi connectivity index (χ4v) is 10.8. The molecule has 2 aliphatic heterocycles. The Hall–Kier alpha value is -5.16. The molecule has 4 nitrogen and oxygen atoms in total. The average molecular weight is 831 g/mol. The van der Waals surface area contributed by atoms with Gasteiger partial charge in [0, 0.05) is 55.7 Å². The van der Waals surface area contributed by atoms with Gasteiger partial charge in [0.2, 0.25) is 0 Å². The number of benzene rings is 5. The summed E-state index contributed by atoms with van der Waals surface area (Å²) in [5, 5.41) is 5.47. The third-order valence-corrected chi connectivity index (χ3v) is 14.5. The van der Waals surface area contributed by atoms with Crippen LogP contribution < -0.4 is 16.4 Å². The zero-order chi connectivity index (χ0) is 45.5. The van der Waals surface area contributed by atoms with E-state index in [0.717, 1.165) is 11.3 Å². The summed E-state index contributed by atoms with van der Waals surface area (Å²) in [7, 11) is 0. The number of fused-ring (bicyclic) bond motifs is 10. The number of nitrogens with zero attached hydrogens (tertiary/aromatic N) is 4. The maximum Gasteiger partial charge on any atom is 0.252 e.